The Morgan fingerprint density at radius 1 is 1.29 bits per heavy atom. The van der Waals surface area contributed by atoms with Gasteiger partial charge < -0.3 is 11.1 Å². The second kappa shape index (κ2) is 9.36. The van der Waals surface area contributed by atoms with E-state index >= 15 is 0 Å². The number of rotatable bonds is 6. The van der Waals surface area contributed by atoms with E-state index in [-0.39, 0.29) is 30.8 Å². The molecule has 1 aliphatic rings. The zero-order valence-corrected chi connectivity index (χ0v) is 15.5. The zero-order chi connectivity index (χ0) is 16.9. The average Bonchev–Trinajstić information content (AvgIpc) is 2.54. The van der Waals surface area contributed by atoms with Crippen LogP contribution in [-0.2, 0) is 14.8 Å². The molecule has 1 saturated heterocycles. The number of carbonyl (C=O) groups is 1. The molecule has 1 aliphatic heterocycles. The zero-order valence-electron chi connectivity index (χ0n) is 13.9. The van der Waals surface area contributed by atoms with Crippen LogP contribution in [0.3, 0.4) is 0 Å². The van der Waals surface area contributed by atoms with Crippen LogP contribution in [0, 0.1) is 6.92 Å². The molecule has 6 nitrogen and oxygen atoms in total. The molecule has 1 aromatic carbocycles. The number of nitrogens with two attached hydrogens (primary N) is 1. The fourth-order valence-electron chi connectivity index (χ4n) is 2.79. The van der Waals surface area contributed by atoms with Crippen LogP contribution in [0.4, 0.5) is 0 Å². The number of benzene rings is 1. The van der Waals surface area contributed by atoms with Crippen molar-refractivity contribution in [3.05, 3.63) is 29.8 Å². The van der Waals surface area contributed by atoms with Crippen molar-refractivity contribution in [2.24, 2.45) is 5.73 Å². The first-order valence-electron chi connectivity index (χ1n) is 8.00. The number of sulfonamides is 1. The van der Waals surface area contributed by atoms with Gasteiger partial charge in [-0.05, 0) is 31.9 Å². The molecule has 136 valence electrons. The average molecular weight is 376 g/mol. The third-order valence-electron chi connectivity index (χ3n) is 4.11. The third-order valence-corrected chi connectivity index (χ3v) is 6.07. The molecule has 1 unspecified atom stereocenters. The number of piperidine rings is 1. The van der Waals surface area contributed by atoms with E-state index in [1.807, 2.05) is 6.92 Å². The van der Waals surface area contributed by atoms with Crippen LogP contribution < -0.4 is 11.1 Å². The van der Waals surface area contributed by atoms with Crippen LogP contribution in [0.1, 0.15) is 31.2 Å². The summed E-state index contributed by atoms with van der Waals surface area (Å²) >= 11 is 0. The van der Waals surface area contributed by atoms with Gasteiger partial charge in [-0.3, -0.25) is 4.79 Å². The molecule has 1 atom stereocenters. The molecule has 1 amide bonds. The van der Waals surface area contributed by atoms with Crippen molar-refractivity contribution < 1.29 is 13.2 Å². The molecule has 0 bridgehead atoms. The second-order valence-corrected chi connectivity index (χ2v) is 7.81. The van der Waals surface area contributed by atoms with Crippen LogP contribution in [0.15, 0.2) is 29.2 Å². The lowest BCUT2D eigenvalue weighted by molar-refractivity contribution is -0.121. The Morgan fingerprint density at radius 3 is 2.58 bits per heavy atom. The lowest BCUT2D eigenvalue weighted by atomic mass is 10.1. The molecular weight excluding hydrogens is 350 g/mol. The first-order valence-corrected chi connectivity index (χ1v) is 9.44. The van der Waals surface area contributed by atoms with Crippen molar-refractivity contribution in [2.45, 2.75) is 43.5 Å². The van der Waals surface area contributed by atoms with Crippen LogP contribution in [0.2, 0.25) is 0 Å². The van der Waals surface area contributed by atoms with Gasteiger partial charge in [-0.15, -0.1) is 12.4 Å². The van der Waals surface area contributed by atoms with Crippen molar-refractivity contribution in [3.8, 4) is 0 Å². The molecule has 8 heteroatoms. The summed E-state index contributed by atoms with van der Waals surface area (Å²) in [6.07, 6.45) is 2.83. The minimum atomic E-state index is -3.53. The Labute approximate surface area is 150 Å². The highest BCUT2D eigenvalue weighted by Gasteiger charge is 2.33. The van der Waals surface area contributed by atoms with E-state index in [1.54, 1.807) is 24.3 Å². The maximum atomic E-state index is 12.9. The highest BCUT2D eigenvalue weighted by atomic mass is 35.5. The summed E-state index contributed by atoms with van der Waals surface area (Å²) in [5.74, 6) is -0.134. The minimum absolute atomic E-state index is 0. The number of nitrogens with zero attached hydrogens (tertiary/aromatic N) is 1. The van der Waals surface area contributed by atoms with Gasteiger partial charge in [-0.2, -0.15) is 4.31 Å². The Bertz CT molecular complexity index is 634. The van der Waals surface area contributed by atoms with Gasteiger partial charge in [0.1, 0.15) is 0 Å². The monoisotopic (exact) mass is 375 g/mol. The molecule has 1 aromatic rings. The largest absolute Gasteiger partial charge is 0.354 e. The maximum absolute atomic E-state index is 12.9. The molecule has 0 saturated carbocycles. The van der Waals surface area contributed by atoms with Gasteiger partial charge in [0, 0.05) is 32.1 Å². The summed E-state index contributed by atoms with van der Waals surface area (Å²) in [4.78, 5) is 11.9. The number of aryl methyl sites for hydroxylation is 1. The normalized spacial score (nSPS) is 18.7. The van der Waals surface area contributed by atoms with E-state index in [9.17, 15) is 13.2 Å². The Kier molecular flexibility index (Phi) is 8.15. The van der Waals surface area contributed by atoms with Gasteiger partial charge in [0.05, 0.1) is 4.90 Å². The number of hydrogen-bond donors (Lipinski definition) is 2. The van der Waals surface area contributed by atoms with Crippen molar-refractivity contribution in [1.82, 2.24) is 9.62 Å². The van der Waals surface area contributed by atoms with E-state index in [0.717, 1.165) is 24.8 Å². The summed E-state index contributed by atoms with van der Waals surface area (Å²) < 4.78 is 27.3. The quantitative estimate of drug-likeness (QED) is 0.786. The lowest BCUT2D eigenvalue weighted by Crippen LogP contribution is -2.49. The van der Waals surface area contributed by atoms with E-state index in [1.165, 1.54) is 4.31 Å². The summed E-state index contributed by atoms with van der Waals surface area (Å²) in [6, 6.07) is 6.69. The van der Waals surface area contributed by atoms with Gasteiger partial charge in [0.15, 0.2) is 0 Å². The topological polar surface area (TPSA) is 92.5 Å². The first kappa shape index (κ1) is 20.9. The predicted octanol–water partition coefficient (Wildman–Crippen LogP) is 1.43. The second-order valence-electron chi connectivity index (χ2n) is 5.92. The summed E-state index contributed by atoms with van der Waals surface area (Å²) in [6.45, 7) is 3.05. The summed E-state index contributed by atoms with van der Waals surface area (Å²) in [5.41, 5.74) is 6.38. The minimum Gasteiger partial charge on any atom is -0.354 e. The number of carbonyl (C=O) groups excluding carboxylic acids is 1. The van der Waals surface area contributed by atoms with Crippen molar-refractivity contribution in [1.29, 1.82) is 0 Å². The van der Waals surface area contributed by atoms with Crippen molar-refractivity contribution in [3.63, 3.8) is 0 Å². The standard InChI is InChI=1S/C16H25N3O3S.ClH/c1-13-5-7-15(8-6-13)23(21,22)19-11-3-2-4-14(19)12-18-16(20)9-10-17;/h5-8,14H,2-4,9-12,17H2,1H3,(H,18,20);1H. The molecule has 3 N–H and O–H groups in total. The molecular formula is C16H26ClN3O3S. The fourth-order valence-corrected chi connectivity index (χ4v) is 4.48. The van der Waals surface area contributed by atoms with Crippen molar-refractivity contribution in [2.75, 3.05) is 19.6 Å². The van der Waals surface area contributed by atoms with E-state index < -0.39 is 10.0 Å². The summed E-state index contributed by atoms with van der Waals surface area (Å²) in [5, 5.41) is 2.79. The predicted molar refractivity (Wildman–Crippen MR) is 96.6 cm³/mol. The number of nitrogens with one attached hydrogen (secondary N) is 1. The molecule has 0 aliphatic carbocycles. The van der Waals surface area contributed by atoms with E-state index in [2.05, 4.69) is 5.32 Å². The highest BCUT2D eigenvalue weighted by Crippen LogP contribution is 2.25. The van der Waals surface area contributed by atoms with Crippen LogP contribution in [0.5, 0.6) is 0 Å². The van der Waals surface area contributed by atoms with Gasteiger partial charge in [0.25, 0.3) is 0 Å². The van der Waals surface area contributed by atoms with Gasteiger partial charge in [-0.25, -0.2) is 8.42 Å². The van der Waals surface area contributed by atoms with E-state index in [4.69, 9.17) is 5.73 Å². The maximum Gasteiger partial charge on any atom is 0.243 e. The smallest absolute Gasteiger partial charge is 0.243 e. The molecule has 1 fully saturated rings. The van der Waals surface area contributed by atoms with Gasteiger partial charge >= 0.3 is 0 Å². The lowest BCUT2D eigenvalue weighted by Gasteiger charge is -2.34. The van der Waals surface area contributed by atoms with Crippen LogP contribution >= 0.6 is 12.4 Å². The first-order chi connectivity index (χ1) is 10.9. The molecule has 0 spiro atoms. The molecule has 0 aromatic heterocycles. The molecule has 24 heavy (non-hydrogen) atoms. The molecule has 0 radical (unpaired) electrons. The Morgan fingerprint density at radius 2 is 1.96 bits per heavy atom. The van der Waals surface area contributed by atoms with Crippen molar-refractivity contribution >= 4 is 28.3 Å². The fraction of sp³-hybridized carbons (Fsp3) is 0.562. The van der Waals surface area contributed by atoms with Crippen LogP contribution in [-0.4, -0.2) is 44.3 Å². The number of amides is 1. The van der Waals surface area contributed by atoms with Crippen LogP contribution in [0.25, 0.3) is 0 Å². The number of halogens is 1. The number of hydrogen-bond acceptors (Lipinski definition) is 4. The highest BCUT2D eigenvalue weighted by molar-refractivity contribution is 7.89. The SMILES string of the molecule is Cc1ccc(S(=O)(=O)N2CCCCC2CNC(=O)CCN)cc1.Cl. The Hall–Kier alpha value is -1.15. The van der Waals surface area contributed by atoms with Gasteiger partial charge in [-0.1, -0.05) is 24.1 Å². The molecule has 1 heterocycles. The summed E-state index contributed by atoms with van der Waals surface area (Å²) in [7, 11) is -3.53. The molecule has 2 rings (SSSR count). The van der Waals surface area contributed by atoms with E-state index in [0.29, 0.717) is 24.5 Å². The third kappa shape index (κ3) is 5.17. The Balaban J connectivity index is 0.00000288. The van der Waals surface area contributed by atoms with Gasteiger partial charge in [0.2, 0.25) is 15.9 Å².